The summed E-state index contributed by atoms with van der Waals surface area (Å²) in [6, 6.07) is 19.8. The Kier molecular flexibility index (Phi) is 4.34. The van der Waals surface area contributed by atoms with Crippen LogP contribution in [0.25, 0.3) is 21.7 Å². The number of H-pyrrole nitrogens is 1. The van der Waals surface area contributed by atoms with Gasteiger partial charge < -0.3 is 15.4 Å². The Morgan fingerprint density at radius 2 is 1.70 bits per heavy atom. The lowest BCUT2D eigenvalue weighted by Gasteiger charge is -2.14. The average Bonchev–Trinajstić information content (AvgIpc) is 3.10. The van der Waals surface area contributed by atoms with Crippen molar-refractivity contribution in [3.05, 3.63) is 84.1 Å². The summed E-state index contributed by atoms with van der Waals surface area (Å²) in [6.07, 6.45) is 2.00. The maximum Gasteiger partial charge on any atom is 0.326 e. The van der Waals surface area contributed by atoms with Gasteiger partial charge in [-0.2, -0.15) is 0 Å². The molecule has 5 heteroatoms. The van der Waals surface area contributed by atoms with Gasteiger partial charge in [0.1, 0.15) is 6.04 Å². The molecule has 4 rings (SSSR count). The minimum atomic E-state index is -1.06. The number of benzene rings is 3. The number of fused-ring (bicyclic) bond motifs is 2. The lowest BCUT2D eigenvalue weighted by molar-refractivity contribution is -0.139. The number of carbonyl (C=O) groups excluding carboxylic acids is 1. The zero-order chi connectivity index (χ0) is 18.8. The van der Waals surface area contributed by atoms with E-state index in [4.69, 9.17) is 0 Å². The number of para-hydroxylation sites is 1. The van der Waals surface area contributed by atoms with Crippen LogP contribution in [0, 0.1) is 0 Å². The molecule has 4 aromatic rings. The molecule has 0 saturated carbocycles. The van der Waals surface area contributed by atoms with Crippen molar-refractivity contribution >= 4 is 33.6 Å². The Hall–Kier alpha value is -3.60. The van der Waals surface area contributed by atoms with Gasteiger partial charge in [0.15, 0.2) is 0 Å². The van der Waals surface area contributed by atoms with Gasteiger partial charge >= 0.3 is 5.97 Å². The Balaban J connectivity index is 1.57. The number of aliphatic carboxylic acids is 1. The summed E-state index contributed by atoms with van der Waals surface area (Å²) in [7, 11) is 0. The van der Waals surface area contributed by atoms with Crippen LogP contribution in [0.4, 0.5) is 0 Å². The van der Waals surface area contributed by atoms with Gasteiger partial charge in [-0.15, -0.1) is 0 Å². The molecule has 0 aliphatic carbocycles. The van der Waals surface area contributed by atoms with E-state index in [1.807, 2.05) is 54.6 Å². The van der Waals surface area contributed by atoms with Crippen LogP contribution >= 0.6 is 0 Å². The smallest absolute Gasteiger partial charge is 0.326 e. The third-order valence-corrected chi connectivity index (χ3v) is 4.71. The fraction of sp³-hybridized carbons (Fsp3) is 0.0909. The third-order valence-electron chi connectivity index (χ3n) is 4.71. The van der Waals surface area contributed by atoms with E-state index < -0.39 is 17.9 Å². The van der Waals surface area contributed by atoms with Crippen molar-refractivity contribution in [1.29, 1.82) is 0 Å². The summed E-state index contributed by atoms with van der Waals surface area (Å²) in [5.74, 6) is -1.46. The number of carboxylic acid groups (broad SMARTS) is 1. The second-order valence-corrected chi connectivity index (χ2v) is 6.49. The molecular weight excluding hydrogens is 340 g/mol. The van der Waals surface area contributed by atoms with E-state index in [0.29, 0.717) is 5.56 Å². The number of nitrogens with one attached hydrogen (secondary N) is 2. The first-order chi connectivity index (χ1) is 13.1. The summed E-state index contributed by atoms with van der Waals surface area (Å²) in [5.41, 5.74) is 2.24. The van der Waals surface area contributed by atoms with Crippen molar-refractivity contribution < 1.29 is 14.7 Å². The van der Waals surface area contributed by atoms with Crippen LogP contribution in [0.2, 0.25) is 0 Å². The van der Waals surface area contributed by atoms with Crippen molar-refractivity contribution in [2.75, 3.05) is 0 Å². The van der Waals surface area contributed by atoms with Crippen molar-refractivity contribution in [2.45, 2.75) is 12.5 Å². The molecular formula is C22H18N2O3. The fourth-order valence-corrected chi connectivity index (χ4v) is 3.29. The average molecular weight is 358 g/mol. The number of carboxylic acids is 1. The molecule has 134 valence electrons. The van der Waals surface area contributed by atoms with Crippen molar-refractivity contribution in [3.63, 3.8) is 0 Å². The molecule has 1 aromatic heterocycles. The second kappa shape index (κ2) is 6.96. The predicted molar refractivity (Wildman–Crippen MR) is 105 cm³/mol. The minimum absolute atomic E-state index is 0.207. The number of aromatic nitrogens is 1. The van der Waals surface area contributed by atoms with Gasteiger partial charge in [-0.05, 0) is 34.5 Å². The van der Waals surface area contributed by atoms with E-state index in [2.05, 4.69) is 10.3 Å². The largest absolute Gasteiger partial charge is 0.480 e. The number of hydrogen-bond acceptors (Lipinski definition) is 2. The van der Waals surface area contributed by atoms with Crippen LogP contribution in [0.15, 0.2) is 72.9 Å². The molecule has 0 radical (unpaired) electrons. The van der Waals surface area contributed by atoms with Gasteiger partial charge in [-0.3, -0.25) is 4.79 Å². The highest BCUT2D eigenvalue weighted by Gasteiger charge is 2.22. The zero-order valence-corrected chi connectivity index (χ0v) is 14.5. The summed E-state index contributed by atoms with van der Waals surface area (Å²) < 4.78 is 0. The van der Waals surface area contributed by atoms with Gasteiger partial charge in [0.2, 0.25) is 0 Å². The Morgan fingerprint density at radius 3 is 2.52 bits per heavy atom. The molecule has 0 aliphatic heterocycles. The maximum atomic E-state index is 12.6. The van der Waals surface area contributed by atoms with Gasteiger partial charge in [-0.1, -0.05) is 48.5 Å². The Morgan fingerprint density at radius 1 is 0.963 bits per heavy atom. The summed E-state index contributed by atoms with van der Waals surface area (Å²) in [5, 5.41) is 15.2. The SMILES string of the molecule is O=C(N[C@H](Cc1c[nH]c2ccccc12)C(=O)O)c1ccc2ccccc2c1. The monoisotopic (exact) mass is 358 g/mol. The highest BCUT2D eigenvalue weighted by molar-refractivity contribution is 6.00. The molecule has 0 aliphatic rings. The van der Waals surface area contributed by atoms with Gasteiger partial charge in [-0.25, -0.2) is 4.79 Å². The molecule has 1 atom stereocenters. The van der Waals surface area contributed by atoms with E-state index in [-0.39, 0.29) is 6.42 Å². The minimum Gasteiger partial charge on any atom is -0.480 e. The number of hydrogen-bond donors (Lipinski definition) is 3. The van der Waals surface area contributed by atoms with Crippen molar-refractivity contribution in [1.82, 2.24) is 10.3 Å². The molecule has 5 nitrogen and oxygen atoms in total. The van der Waals surface area contributed by atoms with Crippen molar-refractivity contribution in [3.8, 4) is 0 Å². The van der Waals surface area contributed by atoms with E-state index in [1.165, 1.54) is 0 Å². The Labute approximate surface area is 155 Å². The highest BCUT2D eigenvalue weighted by atomic mass is 16.4. The highest BCUT2D eigenvalue weighted by Crippen LogP contribution is 2.20. The van der Waals surface area contributed by atoms with Crippen LogP contribution in [0.1, 0.15) is 15.9 Å². The number of aromatic amines is 1. The second-order valence-electron chi connectivity index (χ2n) is 6.49. The summed E-state index contributed by atoms with van der Waals surface area (Å²) in [4.78, 5) is 27.5. The maximum absolute atomic E-state index is 12.6. The van der Waals surface area contributed by atoms with E-state index in [1.54, 1.807) is 18.3 Å². The normalized spacial score (nSPS) is 12.1. The first kappa shape index (κ1) is 16.8. The number of carbonyl (C=O) groups is 2. The van der Waals surface area contributed by atoms with E-state index >= 15 is 0 Å². The molecule has 1 heterocycles. The molecule has 3 aromatic carbocycles. The van der Waals surface area contributed by atoms with Crippen molar-refractivity contribution in [2.24, 2.45) is 0 Å². The predicted octanol–water partition coefficient (Wildman–Crippen LogP) is 3.75. The standard InChI is InChI=1S/C22H18N2O3/c25-21(16-10-9-14-5-1-2-6-15(14)11-16)24-20(22(26)27)12-17-13-23-19-8-4-3-7-18(17)19/h1-11,13,20,23H,12H2,(H,24,25)(H,26,27)/t20-/m1/s1. The lowest BCUT2D eigenvalue weighted by atomic mass is 10.0. The molecule has 1 amide bonds. The molecule has 0 spiro atoms. The third kappa shape index (κ3) is 3.40. The molecule has 0 fully saturated rings. The Bertz CT molecular complexity index is 1150. The van der Waals surface area contributed by atoms with E-state index in [0.717, 1.165) is 27.2 Å². The van der Waals surface area contributed by atoms with Gasteiger partial charge in [0.05, 0.1) is 0 Å². The molecule has 0 saturated heterocycles. The first-order valence-corrected chi connectivity index (χ1v) is 8.69. The molecule has 27 heavy (non-hydrogen) atoms. The van der Waals surface area contributed by atoms with Gasteiger partial charge in [0, 0.05) is 29.1 Å². The lowest BCUT2D eigenvalue weighted by Crippen LogP contribution is -2.42. The first-order valence-electron chi connectivity index (χ1n) is 8.69. The van der Waals surface area contributed by atoms with E-state index in [9.17, 15) is 14.7 Å². The van der Waals surface area contributed by atoms with Crippen LogP contribution in [0.5, 0.6) is 0 Å². The van der Waals surface area contributed by atoms with Gasteiger partial charge in [0.25, 0.3) is 5.91 Å². The zero-order valence-electron chi connectivity index (χ0n) is 14.5. The van der Waals surface area contributed by atoms with Crippen LogP contribution in [-0.2, 0) is 11.2 Å². The number of amides is 1. The molecule has 0 bridgehead atoms. The summed E-state index contributed by atoms with van der Waals surface area (Å²) in [6.45, 7) is 0. The molecule has 3 N–H and O–H groups in total. The van der Waals surface area contributed by atoms with Crippen LogP contribution in [-0.4, -0.2) is 28.0 Å². The topological polar surface area (TPSA) is 82.2 Å². The quantitative estimate of drug-likeness (QED) is 0.508. The van der Waals surface area contributed by atoms with Crippen LogP contribution < -0.4 is 5.32 Å². The number of rotatable bonds is 5. The fourth-order valence-electron chi connectivity index (χ4n) is 3.29. The summed E-state index contributed by atoms with van der Waals surface area (Å²) >= 11 is 0. The van der Waals surface area contributed by atoms with Crippen LogP contribution in [0.3, 0.4) is 0 Å². The molecule has 0 unspecified atom stereocenters.